The van der Waals surface area contributed by atoms with Gasteiger partial charge < -0.3 is 5.32 Å². The second kappa shape index (κ2) is 7.38. The van der Waals surface area contributed by atoms with Gasteiger partial charge >= 0.3 is 0 Å². The van der Waals surface area contributed by atoms with E-state index in [0.29, 0.717) is 0 Å². The molecular weight excluding hydrogens is 276 g/mol. The molecule has 20 heavy (non-hydrogen) atoms. The van der Waals surface area contributed by atoms with Gasteiger partial charge in [0.25, 0.3) is 0 Å². The van der Waals surface area contributed by atoms with Gasteiger partial charge in [0.2, 0.25) is 5.91 Å². The first kappa shape index (κ1) is 16.6. The zero-order valence-corrected chi connectivity index (χ0v) is 13.0. The Morgan fingerprint density at radius 1 is 1.35 bits per heavy atom. The molecule has 1 aromatic rings. The van der Waals surface area contributed by atoms with Gasteiger partial charge in [-0.1, -0.05) is 19.9 Å². The van der Waals surface area contributed by atoms with E-state index >= 15 is 0 Å². The molecule has 0 fully saturated rings. The number of aromatic nitrogens is 1. The predicted octanol–water partition coefficient (Wildman–Crippen LogP) is 1.72. The smallest absolute Gasteiger partial charge is 0.221 e. The Morgan fingerprint density at radius 3 is 2.60 bits per heavy atom. The van der Waals surface area contributed by atoms with Crippen molar-refractivity contribution in [2.45, 2.75) is 33.2 Å². The molecule has 1 amide bonds. The number of sulfone groups is 1. The van der Waals surface area contributed by atoms with E-state index in [-0.39, 0.29) is 35.8 Å². The third-order valence-electron chi connectivity index (χ3n) is 2.79. The van der Waals surface area contributed by atoms with E-state index in [0.717, 1.165) is 5.56 Å². The number of hydrogen-bond donors (Lipinski definition) is 1. The van der Waals surface area contributed by atoms with E-state index in [1.165, 1.54) is 0 Å². The molecule has 1 aromatic heterocycles. The summed E-state index contributed by atoms with van der Waals surface area (Å²) in [5, 5.41) is 2.78. The molecule has 5 nitrogen and oxygen atoms in total. The Balaban J connectivity index is 2.45. The molecule has 0 saturated heterocycles. The maximum atomic E-state index is 11.8. The summed E-state index contributed by atoms with van der Waals surface area (Å²) < 4.78 is 23.4. The zero-order valence-electron chi connectivity index (χ0n) is 12.2. The third kappa shape index (κ3) is 6.14. The molecule has 0 unspecified atom stereocenters. The molecule has 112 valence electrons. The first-order valence-corrected chi connectivity index (χ1v) is 8.52. The van der Waals surface area contributed by atoms with Crippen LogP contribution in [-0.2, 0) is 14.6 Å². The molecule has 0 aromatic carbocycles. The summed E-state index contributed by atoms with van der Waals surface area (Å²) in [6.45, 7) is 5.54. The molecular formula is C14H22N2O3S. The van der Waals surface area contributed by atoms with Gasteiger partial charge in [0.05, 0.1) is 17.5 Å². The molecule has 1 heterocycles. The summed E-state index contributed by atoms with van der Waals surface area (Å²) in [5.74, 6) is -0.152. The number of amides is 1. The number of rotatable bonds is 7. The van der Waals surface area contributed by atoms with Gasteiger partial charge in [0, 0.05) is 18.8 Å². The molecule has 0 radical (unpaired) electrons. The summed E-state index contributed by atoms with van der Waals surface area (Å²) in [6.07, 6.45) is 3.34. The molecule has 1 atom stereocenters. The lowest BCUT2D eigenvalue weighted by molar-refractivity contribution is -0.121. The minimum absolute atomic E-state index is 0.000342. The Bertz CT molecular complexity index is 527. The van der Waals surface area contributed by atoms with Gasteiger partial charge in [-0.3, -0.25) is 9.78 Å². The second-order valence-electron chi connectivity index (χ2n) is 5.33. The maximum Gasteiger partial charge on any atom is 0.221 e. The van der Waals surface area contributed by atoms with Crippen LogP contribution < -0.4 is 5.32 Å². The van der Waals surface area contributed by atoms with Crippen molar-refractivity contribution in [3.63, 3.8) is 0 Å². The second-order valence-corrected chi connectivity index (χ2v) is 7.56. The largest absolute Gasteiger partial charge is 0.349 e. The average Bonchev–Trinajstić information content (AvgIpc) is 2.36. The van der Waals surface area contributed by atoms with Crippen molar-refractivity contribution in [3.8, 4) is 0 Å². The first-order valence-electron chi connectivity index (χ1n) is 6.70. The van der Waals surface area contributed by atoms with Crippen LogP contribution in [0.15, 0.2) is 24.5 Å². The number of nitrogens with zero attached hydrogens (tertiary/aromatic N) is 1. The molecule has 0 spiro atoms. The minimum Gasteiger partial charge on any atom is -0.349 e. The van der Waals surface area contributed by atoms with Crippen molar-refractivity contribution in [2.24, 2.45) is 5.92 Å². The summed E-state index contributed by atoms with van der Waals surface area (Å²) in [6, 6.07) is 3.49. The number of hydrogen-bond acceptors (Lipinski definition) is 4. The van der Waals surface area contributed by atoms with Gasteiger partial charge in [0.15, 0.2) is 9.84 Å². The molecule has 0 bridgehead atoms. The Morgan fingerprint density at radius 2 is 2.05 bits per heavy atom. The van der Waals surface area contributed by atoms with Gasteiger partial charge in [-0.25, -0.2) is 8.42 Å². The van der Waals surface area contributed by atoms with Crippen LogP contribution in [-0.4, -0.2) is 30.8 Å². The Kier molecular flexibility index (Phi) is 6.13. The third-order valence-corrected chi connectivity index (χ3v) is 4.79. The summed E-state index contributed by atoms with van der Waals surface area (Å²) in [4.78, 5) is 15.7. The number of carbonyl (C=O) groups excluding carboxylic acids is 1. The molecule has 0 saturated carbocycles. The van der Waals surface area contributed by atoms with Crippen LogP contribution >= 0.6 is 0 Å². The number of pyridine rings is 1. The van der Waals surface area contributed by atoms with Crippen molar-refractivity contribution < 1.29 is 13.2 Å². The van der Waals surface area contributed by atoms with E-state index in [9.17, 15) is 13.2 Å². The lowest BCUT2D eigenvalue weighted by atomic mass is 10.1. The topological polar surface area (TPSA) is 76.1 Å². The summed E-state index contributed by atoms with van der Waals surface area (Å²) >= 11 is 0. The fourth-order valence-electron chi connectivity index (χ4n) is 1.87. The lowest BCUT2D eigenvalue weighted by Crippen LogP contribution is -2.29. The van der Waals surface area contributed by atoms with Gasteiger partial charge in [-0.15, -0.1) is 0 Å². The predicted molar refractivity (Wildman–Crippen MR) is 78.9 cm³/mol. The normalized spacial score (nSPS) is 13.2. The number of carbonyl (C=O) groups is 1. The average molecular weight is 298 g/mol. The van der Waals surface area contributed by atoms with E-state index in [1.54, 1.807) is 18.5 Å². The highest BCUT2D eigenvalue weighted by Gasteiger charge is 2.16. The number of nitrogens with one attached hydrogen (secondary N) is 1. The highest BCUT2D eigenvalue weighted by atomic mass is 32.2. The van der Waals surface area contributed by atoms with Crippen LogP contribution in [0.2, 0.25) is 0 Å². The monoisotopic (exact) mass is 298 g/mol. The minimum atomic E-state index is -3.15. The summed E-state index contributed by atoms with van der Waals surface area (Å²) in [7, 11) is -3.15. The van der Waals surface area contributed by atoms with Gasteiger partial charge in [-0.2, -0.15) is 0 Å². The quantitative estimate of drug-likeness (QED) is 0.831. The molecule has 1 rings (SSSR count). The Labute approximate surface area is 120 Å². The molecule has 6 heteroatoms. The van der Waals surface area contributed by atoms with Crippen LogP contribution in [0.3, 0.4) is 0 Å². The van der Waals surface area contributed by atoms with Crippen molar-refractivity contribution in [3.05, 3.63) is 30.1 Å². The SMILES string of the molecule is CC(C)CS(=O)(=O)CCC(=O)N[C@H](C)c1cccnc1. The maximum absolute atomic E-state index is 11.8. The lowest BCUT2D eigenvalue weighted by Gasteiger charge is -2.14. The van der Waals surface area contributed by atoms with E-state index in [4.69, 9.17) is 0 Å². The van der Waals surface area contributed by atoms with E-state index in [2.05, 4.69) is 10.3 Å². The zero-order chi connectivity index (χ0) is 15.2. The van der Waals surface area contributed by atoms with Crippen LogP contribution in [0.4, 0.5) is 0 Å². The van der Waals surface area contributed by atoms with Crippen molar-refractivity contribution in [2.75, 3.05) is 11.5 Å². The van der Waals surface area contributed by atoms with Gasteiger partial charge in [-0.05, 0) is 24.5 Å². The Hall–Kier alpha value is -1.43. The van der Waals surface area contributed by atoms with Crippen LogP contribution in [0.25, 0.3) is 0 Å². The van der Waals surface area contributed by atoms with Crippen molar-refractivity contribution in [1.82, 2.24) is 10.3 Å². The van der Waals surface area contributed by atoms with E-state index < -0.39 is 9.84 Å². The van der Waals surface area contributed by atoms with Crippen LogP contribution in [0, 0.1) is 5.92 Å². The molecule has 1 N–H and O–H groups in total. The van der Waals surface area contributed by atoms with E-state index in [1.807, 2.05) is 26.8 Å². The standard InChI is InChI=1S/C14H22N2O3S/c1-11(2)10-20(18,19)8-6-14(17)16-12(3)13-5-4-7-15-9-13/h4-5,7,9,11-12H,6,8,10H2,1-3H3,(H,16,17)/t12-/m1/s1. The fraction of sp³-hybridized carbons (Fsp3) is 0.571. The van der Waals surface area contributed by atoms with Crippen molar-refractivity contribution >= 4 is 15.7 Å². The summed E-state index contributed by atoms with van der Waals surface area (Å²) in [5.41, 5.74) is 0.894. The van der Waals surface area contributed by atoms with Crippen LogP contribution in [0.5, 0.6) is 0 Å². The molecule has 0 aliphatic rings. The first-order chi connectivity index (χ1) is 9.30. The van der Waals surface area contributed by atoms with Crippen molar-refractivity contribution in [1.29, 1.82) is 0 Å². The highest BCUT2D eigenvalue weighted by molar-refractivity contribution is 7.91. The van der Waals surface area contributed by atoms with Gasteiger partial charge in [0.1, 0.15) is 0 Å². The van der Waals surface area contributed by atoms with Crippen LogP contribution in [0.1, 0.15) is 38.8 Å². The fourth-order valence-corrected chi connectivity index (χ4v) is 3.55. The highest BCUT2D eigenvalue weighted by Crippen LogP contribution is 2.10. The molecule has 0 aliphatic heterocycles. The molecule has 0 aliphatic carbocycles.